The van der Waals surface area contributed by atoms with Crippen molar-refractivity contribution in [3.63, 3.8) is 0 Å². The van der Waals surface area contributed by atoms with Crippen LogP contribution < -0.4 is 15.2 Å². The highest BCUT2D eigenvalue weighted by Crippen LogP contribution is 2.33. The standard InChI is InChI=1S/C11H13F4NO2/c1-3-17-9-5-10(8(16)4-7(9)12)18-6(2)11(13,14)15/h4-6H,3,16H2,1-2H3. The van der Waals surface area contributed by atoms with Gasteiger partial charge < -0.3 is 15.2 Å². The number of anilines is 1. The van der Waals surface area contributed by atoms with Crippen molar-refractivity contribution in [1.29, 1.82) is 0 Å². The van der Waals surface area contributed by atoms with Crippen molar-refractivity contribution in [2.75, 3.05) is 12.3 Å². The van der Waals surface area contributed by atoms with E-state index in [1.807, 2.05) is 0 Å². The molecule has 1 atom stereocenters. The zero-order valence-electron chi connectivity index (χ0n) is 9.84. The molecule has 0 bridgehead atoms. The first-order valence-electron chi connectivity index (χ1n) is 5.21. The fourth-order valence-electron chi connectivity index (χ4n) is 1.18. The molecule has 3 nitrogen and oxygen atoms in total. The van der Waals surface area contributed by atoms with E-state index in [-0.39, 0.29) is 23.8 Å². The Labute approximate surface area is 101 Å². The highest BCUT2D eigenvalue weighted by molar-refractivity contribution is 5.56. The summed E-state index contributed by atoms with van der Waals surface area (Å²) in [7, 11) is 0. The lowest BCUT2D eigenvalue weighted by atomic mass is 10.2. The van der Waals surface area contributed by atoms with Gasteiger partial charge in [-0.15, -0.1) is 0 Å². The first-order valence-corrected chi connectivity index (χ1v) is 5.21. The SMILES string of the molecule is CCOc1cc(OC(C)C(F)(F)F)c(N)cc1F. The summed E-state index contributed by atoms with van der Waals surface area (Å²) >= 11 is 0. The van der Waals surface area contributed by atoms with Gasteiger partial charge in [-0.3, -0.25) is 0 Å². The minimum atomic E-state index is -4.52. The number of ether oxygens (including phenoxy) is 2. The second kappa shape index (κ2) is 5.32. The minimum Gasteiger partial charge on any atom is -0.491 e. The lowest BCUT2D eigenvalue weighted by Crippen LogP contribution is -2.31. The largest absolute Gasteiger partial charge is 0.491 e. The lowest BCUT2D eigenvalue weighted by Gasteiger charge is -2.19. The zero-order valence-corrected chi connectivity index (χ0v) is 9.84. The summed E-state index contributed by atoms with van der Waals surface area (Å²) in [5, 5.41) is 0. The van der Waals surface area contributed by atoms with Crippen molar-refractivity contribution in [3.05, 3.63) is 17.9 Å². The zero-order chi connectivity index (χ0) is 13.9. The van der Waals surface area contributed by atoms with Crippen LogP contribution in [-0.4, -0.2) is 18.9 Å². The molecule has 0 radical (unpaired) electrons. The van der Waals surface area contributed by atoms with Crippen LogP contribution in [0.25, 0.3) is 0 Å². The molecule has 0 heterocycles. The van der Waals surface area contributed by atoms with Crippen molar-refractivity contribution in [1.82, 2.24) is 0 Å². The molecular formula is C11H13F4NO2. The molecule has 2 N–H and O–H groups in total. The van der Waals surface area contributed by atoms with Crippen molar-refractivity contribution >= 4 is 5.69 Å². The van der Waals surface area contributed by atoms with Crippen LogP contribution in [0.3, 0.4) is 0 Å². The van der Waals surface area contributed by atoms with Gasteiger partial charge in [-0.25, -0.2) is 4.39 Å². The van der Waals surface area contributed by atoms with E-state index in [1.54, 1.807) is 6.92 Å². The van der Waals surface area contributed by atoms with Gasteiger partial charge in [0.05, 0.1) is 12.3 Å². The Hall–Kier alpha value is -1.66. The van der Waals surface area contributed by atoms with Gasteiger partial charge in [-0.1, -0.05) is 0 Å². The smallest absolute Gasteiger partial charge is 0.425 e. The topological polar surface area (TPSA) is 44.5 Å². The number of benzene rings is 1. The van der Waals surface area contributed by atoms with Gasteiger partial charge in [0.1, 0.15) is 5.75 Å². The lowest BCUT2D eigenvalue weighted by molar-refractivity contribution is -0.189. The molecule has 0 spiro atoms. The van der Waals surface area contributed by atoms with Gasteiger partial charge >= 0.3 is 6.18 Å². The van der Waals surface area contributed by atoms with Crippen LogP contribution in [0.15, 0.2) is 12.1 Å². The summed E-state index contributed by atoms with van der Waals surface area (Å²) in [5.74, 6) is -1.21. The highest BCUT2D eigenvalue weighted by Gasteiger charge is 2.38. The number of nitrogens with two attached hydrogens (primary N) is 1. The van der Waals surface area contributed by atoms with Crippen molar-refractivity contribution in [3.8, 4) is 11.5 Å². The third-order valence-electron chi connectivity index (χ3n) is 2.13. The molecule has 0 aromatic heterocycles. The van der Waals surface area contributed by atoms with E-state index in [0.29, 0.717) is 0 Å². The minimum absolute atomic E-state index is 0.176. The van der Waals surface area contributed by atoms with Gasteiger partial charge in [0.15, 0.2) is 17.7 Å². The van der Waals surface area contributed by atoms with Gasteiger partial charge in [0.2, 0.25) is 0 Å². The molecule has 18 heavy (non-hydrogen) atoms. The molecule has 0 aliphatic heterocycles. The molecule has 102 valence electrons. The molecule has 1 rings (SSSR count). The monoisotopic (exact) mass is 267 g/mol. The fourth-order valence-corrected chi connectivity index (χ4v) is 1.18. The van der Waals surface area contributed by atoms with Gasteiger partial charge in [-0.2, -0.15) is 13.2 Å². The maximum atomic E-state index is 13.3. The summed E-state index contributed by atoms with van der Waals surface area (Å²) in [5.41, 5.74) is 5.17. The maximum absolute atomic E-state index is 13.3. The second-order valence-electron chi connectivity index (χ2n) is 3.56. The first-order chi connectivity index (χ1) is 8.25. The Morgan fingerprint density at radius 3 is 2.39 bits per heavy atom. The van der Waals surface area contributed by atoms with Crippen LogP contribution in [0.4, 0.5) is 23.2 Å². The van der Waals surface area contributed by atoms with Crippen LogP contribution in [0.1, 0.15) is 13.8 Å². The predicted molar refractivity (Wildman–Crippen MR) is 58.1 cm³/mol. The van der Waals surface area contributed by atoms with E-state index in [1.165, 1.54) is 0 Å². The maximum Gasteiger partial charge on any atom is 0.425 e. The number of alkyl halides is 3. The number of halogens is 4. The van der Waals surface area contributed by atoms with Crippen molar-refractivity contribution in [2.45, 2.75) is 26.1 Å². The van der Waals surface area contributed by atoms with Crippen LogP contribution in [0.5, 0.6) is 11.5 Å². The van der Waals surface area contributed by atoms with Crippen LogP contribution in [0, 0.1) is 5.82 Å². The number of hydrogen-bond donors (Lipinski definition) is 1. The Morgan fingerprint density at radius 2 is 1.89 bits per heavy atom. The first kappa shape index (κ1) is 14.4. The number of hydrogen-bond acceptors (Lipinski definition) is 3. The predicted octanol–water partition coefficient (Wildman–Crippen LogP) is 3.14. The second-order valence-corrected chi connectivity index (χ2v) is 3.56. The van der Waals surface area contributed by atoms with E-state index >= 15 is 0 Å². The quantitative estimate of drug-likeness (QED) is 0.673. The van der Waals surface area contributed by atoms with Gasteiger partial charge in [0.25, 0.3) is 0 Å². The van der Waals surface area contributed by atoms with Crippen LogP contribution >= 0.6 is 0 Å². The Balaban J connectivity index is 2.98. The summed E-state index contributed by atoms with van der Waals surface area (Å²) in [6.07, 6.45) is -6.56. The Bertz CT molecular complexity index is 420. The third kappa shape index (κ3) is 3.41. The molecule has 0 aliphatic carbocycles. The van der Waals surface area contributed by atoms with E-state index in [4.69, 9.17) is 10.5 Å². The molecule has 0 aliphatic rings. The third-order valence-corrected chi connectivity index (χ3v) is 2.13. The number of rotatable bonds is 4. The summed E-state index contributed by atoms with van der Waals surface area (Å²) < 4.78 is 59.8. The average Bonchev–Trinajstić information content (AvgIpc) is 2.23. The molecule has 1 aromatic carbocycles. The molecule has 0 amide bonds. The molecule has 7 heteroatoms. The highest BCUT2D eigenvalue weighted by atomic mass is 19.4. The van der Waals surface area contributed by atoms with Crippen molar-refractivity contribution in [2.24, 2.45) is 0 Å². The van der Waals surface area contributed by atoms with Gasteiger partial charge in [0, 0.05) is 12.1 Å². The molecule has 1 aromatic rings. The normalized spacial score (nSPS) is 13.2. The Morgan fingerprint density at radius 1 is 1.28 bits per heavy atom. The molecular weight excluding hydrogens is 254 g/mol. The van der Waals surface area contributed by atoms with E-state index < -0.39 is 18.1 Å². The molecule has 1 unspecified atom stereocenters. The Kier molecular flexibility index (Phi) is 4.26. The van der Waals surface area contributed by atoms with Crippen molar-refractivity contribution < 1.29 is 27.0 Å². The number of nitrogen functional groups attached to an aromatic ring is 1. The fraction of sp³-hybridized carbons (Fsp3) is 0.455. The summed E-state index contributed by atoms with van der Waals surface area (Å²) in [6, 6.07) is 1.87. The van der Waals surface area contributed by atoms with E-state index in [2.05, 4.69) is 4.74 Å². The van der Waals surface area contributed by atoms with E-state index in [0.717, 1.165) is 19.1 Å². The molecule has 0 saturated carbocycles. The van der Waals surface area contributed by atoms with Gasteiger partial charge in [-0.05, 0) is 13.8 Å². The molecule has 0 fully saturated rings. The average molecular weight is 267 g/mol. The summed E-state index contributed by atoms with van der Waals surface area (Å²) in [4.78, 5) is 0. The molecule has 0 saturated heterocycles. The van der Waals surface area contributed by atoms with Crippen LogP contribution in [-0.2, 0) is 0 Å². The van der Waals surface area contributed by atoms with Crippen LogP contribution in [0.2, 0.25) is 0 Å². The summed E-state index contributed by atoms with van der Waals surface area (Å²) in [6.45, 7) is 2.63. The van der Waals surface area contributed by atoms with E-state index in [9.17, 15) is 17.6 Å².